The summed E-state index contributed by atoms with van der Waals surface area (Å²) >= 11 is 6.15. The fraction of sp³-hybridized carbons (Fsp3) is 0.696. The van der Waals surface area contributed by atoms with Gasteiger partial charge in [0.2, 0.25) is 15.9 Å². The average molecular weight is 451 g/mol. The molecule has 1 unspecified atom stereocenters. The normalized spacial score (nSPS) is 36.0. The summed E-state index contributed by atoms with van der Waals surface area (Å²) in [7, 11) is -3.64. The molecule has 5 fully saturated rings. The third-order valence-corrected chi connectivity index (χ3v) is 10.2. The Morgan fingerprint density at radius 2 is 1.73 bits per heavy atom. The van der Waals surface area contributed by atoms with E-state index in [9.17, 15) is 13.2 Å². The molecule has 4 bridgehead atoms. The number of carbonyl (C=O) groups is 1. The van der Waals surface area contributed by atoms with Gasteiger partial charge in [-0.2, -0.15) is 4.31 Å². The Balaban J connectivity index is 1.23. The lowest BCUT2D eigenvalue weighted by molar-refractivity contribution is -0.128. The van der Waals surface area contributed by atoms with Gasteiger partial charge in [-0.3, -0.25) is 4.79 Å². The number of hydrogen-bond donors (Lipinski definition) is 1. The zero-order valence-corrected chi connectivity index (χ0v) is 18.9. The summed E-state index contributed by atoms with van der Waals surface area (Å²) in [6.45, 7) is 0.877. The molecule has 1 aliphatic heterocycles. The van der Waals surface area contributed by atoms with Gasteiger partial charge in [0.1, 0.15) is 4.90 Å². The Morgan fingerprint density at radius 1 is 1.10 bits per heavy atom. The Labute approximate surface area is 184 Å². The summed E-state index contributed by atoms with van der Waals surface area (Å²) in [5, 5.41) is 3.69. The standard InChI is InChI=1S/C23H31ClN2O3S/c24-20-5-1-2-6-21(20)30(28,29)26-7-3-4-16(15-26)11-22(27)25-23-12-17-8-18(13-23)10-19(9-17)14-23/h1-2,5-6,16-19H,3-4,7-15H2,(H,25,27). The van der Waals surface area contributed by atoms with Crippen molar-refractivity contribution in [2.45, 2.75) is 68.2 Å². The third kappa shape index (κ3) is 3.91. The summed E-state index contributed by atoms with van der Waals surface area (Å²) < 4.78 is 27.7. The van der Waals surface area contributed by atoms with E-state index < -0.39 is 10.0 Å². The molecule has 1 aromatic carbocycles. The molecule has 4 aliphatic carbocycles. The van der Waals surface area contributed by atoms with Crippen molar-refractivity contribution in [1.82, 2.24) is 9.62 Å². The first kappa shape index (κ1) is 20.8. The van der Waals surface area contributed by atoms with Crippen LogP contribution in [0, 0.1) is 23.7 Å². The summed E-state index contributed by atoms with van der Waals surface area (Å²) in [4.78, 5) is 13.1. The molecule has 5 aliphatic rings. The highest BCUT2D eigenvalue weighted by atomic mass is 35.5. The second-order valence-electron chi connectivity index (χ2n) is 10.3. The number of nitrogens with one attached hydrogen (secondary N) is 1. The Bertz CT molecular complexity index is 897. The molecule has 7 heteroatoms. The van der Waals surface area contributed by atoms with Gasteiger partial charge >= 0.3 is 0 Å². The highest BCUT2D eigenvalue weighted by Gasteiger charge is 2.51. The van der Waals surface area contributed by atoms with Crippen LogP contribution in [0.5, 0.6) is 0 Å². The minimum absolute atomic E-state index is 0.0177. The first-order valence-corrected chi connectivity index (χ1v) is 13.2. The summed E-state index contributed by atoms with van der Waals surface area (Å²) in [5.74, 6) is 2.55. The number of sulfonamides is 1. The van der Waals surface area contributed by atoms with Crippen LogP contribution in [0.3, 0.4) is 0 Å². The smallest absolute Gasteiger partial charge is 0.244 e. The Kier molecular flexibility index (Phi) is 5.39. The quantitative estimate of drug-likeness (QED) is 0.730. The number of hydrogen-bond acceptors (Lipinski definition) is 3. The molecule has 0 spiro atoms. The van der Waals surface area contributed by atoms with E-state index in [1.54, 1.807) is 24.3 Å². The van der Waals surface area contributed by atoms with Crippen molar-refractivity contribution in [3.63, 3.8) is 0 Å². The van der Waals surface area contributed by atoms with E-state index in [2.05, 4.69) is 5.32 Å². The van der Waals surface area contributed by atoms with Crippen molar-refractivity contribution in [2.75, 3.05) is 13.1 Å². The van der Waals surface area contributed by atoms with Gasteiger partial charge in [-0.1, -0.05) is 23.7 Å². The molecule has 164 valence electrons. The number of benzene rings is 1. The monoisotopic (exact) mass is 450 g/mol. The van der Waals surface area contributed by atoms with Crippen LogP contribution < -0.4 is 5.32 Å². The van der Waals surface area contributed by atoms with E-state index in [-0.39, 0.29) is 27.3 Å². The number of carbonyl (C=O) groups excluding carboxylic acids is 1. The maximum Gasteiger partial charge on any atom is 0.244 e. The van der Waals surface area contributed by atoms with Crippen molar-refractivity contribution >= 4 is 27.5 Å². The molecule has 6 rings (SSSR count). The number of piperidine rings is 1. The summed E-state index contributed by atoms with van der Waals surface area (Å²) in [6.07, 6.45) is 9.57. The lowest BCUT2D eigenvalue weighted by Gasteiger charge is -2.57. The molecule has 0 aromatic heterocycles. The zero-order chi connectivity index (χ0) is 20.9. The molecular formula is C23H31ClN2O3S. The van der Waals surface area contributed by atoms with Crippen molar-refractivity contribution < 1.29 is 13.2 Å². The van der Waals surface area contributed by atoms with Gasteiger partial charge in [0, 0.05) is 25.0 Å². The van der Waals surface area contributed by atoms with Gasteiger partial charge in [0.15, 0.2) is 0 Å². The van der Waals surface area contributed by atoms with Crippen LogP contribution in [0.4, 0.5) is 0 Å². The molecule has 5 nitrogen and oxygen atoms in total. The van der Waals surface area contributed by atoms with Crippen LogP contribution in [0.1, 0.15) is 57.8 Å². The summed E-state index contributed by atoms with van der Waals surface area (Å²) in [5.41, 5.74) is 0.0177. The van der Waals surface area contributed by atoms with Crippen LogP contribution in [0.15, 0.2) is 29.2 Å². The fourth-order valence-electron chi connectivity index (χ4n) is 7.08. The van der Waals surface area contributed by atoms with Crippen molar-refractivity contribution in [3.05, 3.63) is 29.3 Å². The van der Waals surface area contributed by atoms with Crippen molar-refractivity contribution in [2.24, 2.45) is 23.7 Å². The first-order chi connectivity index (χ1) is 14.3. The van der Waals surface area contributed by atoms with Crippen LogP contribution in [0.2, 0.25) is 5.02 Å². The molecule has 30 heavy (non-hydrogen) atoms. The van der Waals surface area contributed by atoms with E-state index in [1.807, 2.05) is 0 Å². The topological polar surface area (TPSA) is 66.5 Å². The number of halogens is 1. The lowest BCUT2D eigenvalue weighted by Crippen LogP contribution is -2.60. The van der Waals surface area contributed by atoms with Crippen molar-refractivity contribution in [3.8, 4) is 0 Å². The molecule has 1 aromatic rings. The predicted octanol–water partition coefficient (Wildman–Crippen LogP) is 4.22. The van der Waals surface area contributed by atoms with Gasteiger partial charge in [-0.15, -0.1) is 0 Å². The maximum atomic E-state index is 13.1. The molecule has 1 saturated heterocycles. The van der Waals surface area contributed by atoms with Crippen LogP contribution in [0.25, 0.3) is 0 Å². The van der Waals surface area contributed by atoms with E-state index in [0.717, 1.165) is 49.9 Å². The van der Waals surface area contributed by atoms with Gasteiger partial charge in [0.25, 0.3) is 0 Å². The number of nitrogens with zero attached hydrogens (tertiary/aromatic N) is 1. The molecule has 1 heterocycles. The number of rotatable bonds is 5. The fourth-order valence-corrected chi connectivity index (χ4v) is 9.13. The van der Waals surface area contributed by atoms with Crippen molar-refractivity contribution in [1.29, 1.82) is 0 Å². The average Bonchev–Trinajstić information content (AvgIpc) is 2.66. The van der Waals surface area contributed by atoms with Gasteiger partial charge in [0.05, 0.1) is 5.02 Å². The molecular weight excluding hydrogens is 420 g/mol. The largest absolute Gasteiger partial charge is 0.351 e. The lowest BCUT2D eigenvalue weighted by atomic mass is 9.53. The molecule has 4 saturated carbocycles. The summed E-state index contributed by atoms with van der Waals surface area (Å²) in [6, 6.07) is 6.59. The molecule has 1 amide bonds. The minimum Gasteiger partial charge on any atom is -0.351 e. The second kappa shape index (κ2) is 7.79. The van der Waals surface area contributed by atoms with Gasteiger partial charge in [-0.05, 0) is 87.2 Å². The first-order valence-electron chi connectivity index (χ1n) is 11.4. The van der Waals surface area contributed by atoms with E-state index in [0.29, 0.717) is 19.5 Å². The van der Waals surface area contributed by atoms with Crippen LogP contribution >= 0.6 is 11.6 Å². The highest BCUT2D eigenvalue weighted by Crippen LogP contribution is 2.55. The van der Waals surface area contributed by atoms with Crippen LogP contribution in [-0.4, -0.2) is 37.3 Å². The Hall–Kier alpha value is -1.11. The predicted molar refractivity (Wildman–Crippen MR) is 117 cm³/mol. The van der Waals surface area contributed by atoms with E-state index in [4.69, 9.17) is 11.6 Å². The third-order valence-electron chi connectivity index (χ3n) is 7.85. The maximum absolute atomic E-state index is 13.1. The molecule has 0 radical (unpaired) electrons. The second-order valence-corrected chi connectivity index (χ2v) is 12.6. The molecule has 1 atom stereocenters. The van der Waals surface area contributed by atoms with Gasteiger partial charge in [-0.25, -0.2) is 8.42 Å². The molecule has 1 N–H and O–H groups in total. The van der Waals surface area contributed by atoms with E-state index in [1.165, 1.54) is 23.6 Å². The van der Waals surface area contributed by atoms with E-state index >= 15 is 0 Å². The van der Waals surface area contributed by atoms with Gasteiger partial charge < -0.3 is 5.32 Å². The number of amides is 1. The van der Waals surface area contributed by atoms with Crippen LogP contribution in [-0.2, 0) is 14.8 Å². The highest BCUT2D eigenvalue weighted by molar-refractivity contribution is 7.89. The zero-order valence-electron chi connectivity index (χ0n) is 17.4. The minimum atomic E-state index is -3.64. The Morgan fingerprint density at radius 3 is 2.37 bits per heavy atom. The SMILES string of the molecule is O=C(CC1CCCN(S(=O)(=O)c2ccccc2Cl)C1)NC12CC3CC(CC(C3)C1)C2.